The molecule has 2 rings (SSSR count). The van der Waals surface area contributed by atoms with Gasteiger partial charge in [-0.25, -0.2) is 4.39 Å². The molecule has 0 aliphatic heterocycles. The van der Waals surface area contributed by atoms with Crippen LogP contribution in [0.2, 0.25) is 10.0 Å². The minimum atomic E-state index is -0.339. The van der Waals surface area contributed by atoms with E-state index in [1.54, 1.807) is 10.7 Å². The molecular weight excluding hydrogens is 312 g/mol. The van der Waals surface area contributed by atoms with Gasteiger partial charge in [-0.15, -0.1) is 0 Å². The van der Waals surface area contributed by atoms with E-state index in [0.29, 0.717) is 16.5 Å². The van der Waals surface area contributed by atoms with Gasteiger partial charge in [0.25, 0.3) is 0 Å². The van der Waals surface area contributed by atoms with Gasteiger partial charge in [-0.2, -0.15) is 5.10 Å². The molecule has 6 heteroatoms. The van der Waals surface area contributed by atoms with Crippen molar-refractivity contribution in [1.82, 2.24) is 15.1 Å². The number of benzene rings is 1. The summed E-state index contributed by atoms with van der Waals surface area (Å²) in [5, 5.41) is 8.76. The van der Waals surface area contributed by atoms with Crippen LogP contribution in [0.25, 0.3) is 0 Å². The molecule has 2 aromatic rings. The predicted octanol–water partition coefficient (Wildman–Crippen LogP) is 4.07. The third-order valence-corrected chi connectivity index (χ3v) is 4.27. The van der Waals surface area contributed by atoms with E-state index in [9.17, 15) is 4.39 Å². The second-order valence-corrected chi connectivity index (χ2v) is 5.74. The molecule has 0 saturated carbocycles. The molecule has 0 radical (unpaired) electrons. The Kier molecular flexibility index (Phi) is 5.25. The fraction of sp³-hybridized carbons (Fsp3) is 0.400. The Morgan fingerprint density at radius 1 is 1.38 bits per heavy atom. The van der Waals surface area contributed by atoms with Crippen LogP contribution in [-0.2, 0) is 13.5 Å². The predicted molar refractivity (Wildman–Crippen MR) is 84.5 cm³/mol. The van der Waals surface area contributed by atoms with Crippen LogP contribution >= 0.6 is 23.2 Å². The molecule has 0 bridgehead atoms. The first-order chi connectivity index (χ1) is 9.93. The van der Waals surface area contributed by atoms with Crippen molar-refractivity contribution in [2.45, 2.75) is 26.3 Å². The average molecular weight is 330 g/mol. The molecule has 1 heterocycles. The highest BCUT2D eigenvalue weighted by molar-refractivity contribution is 6.32. The molecule has 1 atom stereocenters. The van der Waals surface area contributed by atoms with E-state index in [1.165, 1.54) is 12.1 Å². The Morgan fingerprint density at radius 2 is 2.10 bits per heavy atom. The summed E-state index contributed by atoms with van der Waals surface area (Å²) in [6, 6.07) is 4.41. The van der Waals surface area contributed by atoms with Gasteiger partial charge in [-0.05, 0) is 31.2 Å². The van der Waals surface area contributed by atoms with Gasteiger partial charge in [0.2, 0.25) is 0 Å². The van der Waals surface area contributed by atoms with Gasteiger partial charge in [0.15, 0.2) is 0 Å². The zero-order valence-electron chi connectivity index (χ0n) is 12.3. The molecule has 1 unspecified atom stereocenters. The summed E-state index contributed by atoms with van der Waals surface area (Å²) in [4.78, 5) is 0. The zero-order chi connectivity index (χ0) is 15.6. The van der Waals surface area contributed by atoms with E-state index >= 15 is 0 Å². The minimum absolute atomic E-state index is 0.0459. The molecule has 21 heavy (non-hydrogen) atoms. The van der Waals surface area contributed by atoms with E-state index in [2.05, 4.69) is 10.4 Å². The number of halogens is 3. The standard InChI is InChI=1S/C15H18Cl2FN3/c1-4-19-13(11-6-5-10(18)7-12(11)16)8-14-15(17)9(2)20-21(14)3/h5-7,13,19H,4,8H2,1-3H3. The molecule has 3 nitrogen and oxygen atoms in total. The molecule has 1 aromatic carbocycles. The Labute approximate surface area is 134 Å². The van der Waals surface area contributed by atoms with Gasteiger partial charge in [0.05, 0.1) is 16.4 Å². The fourth-order valence-electron chi connectivity index (χ4n) is 2.42. The monoisotopic (exact) mass is 329 g/mol. The van der Waals surface area contributed by atoms with E-state index in [0.717, 1.165) is 23.5 Å². The van der Waals surface area contributed by atoms with Crippen LogP contribution in [0.4, 0.5) is 4.39 Å². The summed E-state index contributed by atoms with van der Waals surface area (Å²) < 4.78 is 15.0. The maximum Gasteiger partial charge on any atom is 0.124 e. The first-order valence-electron chi connectivity index (χ1n) is 6.80. The highest BCUT2D eigenvalue weighted by Crippen LogP contribution is 2.29. The van der Waals surface area contributed by atoms with Crippen LogP contribution in [0.3, 0.4) is 0 Å². The van der Waals surface area contributed by atoms with Crippen molar-refractivity contribution in [2.24, 2.45) is 7.05 Å². The van der Waals surface area contributed by atoms with Crippen molar-refractivity contribution in [1.29, 1.82) is 0 Å². The Hall–Kier alpha value is -1.10. The average Bonchev–Trinajstić information content (AvgIpc) is 2.65. The third kappa shape index (κ3) is 3.57. The third-order valence-electron chi connectivity index (χ3n) is 3.45. The van der Waals surface area contributed by atoms with Crippen LogP contribution in [-0.4, -0.2) is 16.3 Å². The molecule has 0 amide bonds. The largest absolute Gasteiger partial charge is 0.310 e. The summed E-state index contributed by atoms with van der Waals surface area (Å²) in [6.45, 7) is 4.66. The second-order valence-electron chi connectivity index (χ2n) is 4.95. The number of rotatable bonds is 5. The van der Waals surface area contributed by atoms with Crippen LogP contribution in [0.5, 0.6) is 0 Å². The smallest absolute Gasteiger partial charge is 0.124 e. The van der Waals surface area contributed by atoms with E-state index in [4.69, 9.17) is 23.2 Å². The summed E-state index contributed by atoms with van der Waals surface area (Å²) in [6.07, 6.45) is 0.634. The maximum atomic E-state index is 13.2. The zero-order valence-corrected chi connectivity index (χ0v) is 13.8. The van der Waals surface area contributed by atoms with Crippen molar-refractivity contribution in [3.05, 3.63) is 51.0 Å². The van der Waals surface area contributed by atoms with E-state index < -0.39 is 0 Å². The van der Waals surface area contributed by atoms with Gasteiger partial charge in [0, 0.05) is 24.5 Å². The van der Waals surface area contributed by atoms with Gasteiger partial charge in [-0.1, -0.05) is 36.2 Å². The minimum Gasteiger partial charge on any atom is -0.310 e. The molecule has 0 aliphatic carbocycles. The fourth-order valence-corrected chi connectivity index (χ4v) is 2.95. The number of aromatic nitrogens is 2. The SMILES string of the molecule is CCNC(Cc1c(Cl)c(C)nn1C)c1ccc(F)cc1Cl. The normalized spacial score (nSPS) is 12.7. The quantitative estimate of drug-likeness (QED) is 0.896. The lowest BCUT2D eigenvalue weighted by molar-refractivity contribution is 0.527. The number of nitrogens with zero attached hydrogens (tertiary/aromatic N) is 2. The van der Waals surface area contributed by atoms with Crippen LogP contribution in [0, 0.1) is 12.7 Å². The lowest BCUT2D eigenvalue weighted by atomic mass is 10.0. The first kappa shape index (κ1) is 16.3. The van der Waals surface area contributed by atoms with Crippen molar-refractivity contribution in [3.63, 3.8) is 0 Å². The number of hydrogen-bond donors (Lipinski definition) is 1. The van der Waals surface area contributed by atoms with Crippen molar-refractivity contribution in [2.75, 3.05) is 6.54 Å². The number of likely N-dealkylation sites (N-methyl/N-ethyl adjacent to an activating group) is 1. The molecule has 1 aromatic heterocycles. The number of aryl methyl sites for hydroxylation is 2. The number of hydrogen-bond acceptors (Lipinski definition) is 2. The summed E-state index contributed by atoms with van der Waals surface area (Å²) in [7, 11) is 1.86. The molecule has 0 spiro atoms. The Bertz CT molecular complexity index is 640. The maximum absolute atomic E-state index is 13.2. The lowest BCUT2D eigenvalue weighted by Crippen LogP contribution is -2.24. The molecule has 0 saturated heterocycles. The van der Waals surface area contributed by atoms with E-state index in [-0.39, 0.29) is 11.9 Å². The Morgan fingerprint density at radius 3 is 2.62 bits per heavy atom. The van der Waals surface area contributed by atoms with E-state index in [1.807, 2.05) is 20.9 Å². The van der Waals surface area contributed by atoms with Gasteiger partial charge in [0.1, 0.15) is 5.82 Å². The van der Waals surface area contributed by atoms with Gasteiger partial charge >= 0.3 is 0 Å². The topological polar surface area (TPSA) is 29.9 Å². The molecule has 1 N–H and O–H groups in total. The van der Waals surface area contributed by atoms with Crippen LogP contribution in [0.15, 0.2) is 18.2 Å². The molecular formula is C15H18Cl2FN3. The van der Waals surface area contributed by atoms with Crippen molar-refractivity contribution >= 4 is 23.2 Å². The van der Waals surface area contributed by atoms with Crippen LogP contribution in [0.1, 0.15) is 29.9 Å². The highest BCUT2D eigenvalue weighted by atomic mass is 35.5. The summed E-state index contributed by atoms with van der Waals surface area (Å²) in [5.41, 5.74) is 2.59. The van der Waals surface area contributed by atoms with Crippen molar-refractivity contribution < 1.29 is 4.39 Å². The summed E-state index contributed by atoms with van der Waals surface area (Å²) in [5.74, 6) is -0.339. The second kappa shape index (κ2) is 6.77. The summed E-state index contributed by atoms with van der Waals surface area (Å²) >= 11 is 12.5. The van der Waals surface area contributed by atoms with Gasteiger partial charge < -0.3 is 5.32 Å². The molecule has 114 valence electrons. The van der Waals surface area contributed by atoms with Crippen LogP contribution < -0.4 is 5.32 Å². The first-order valence-corrected chi connectivity index (χ1v) is 7.56. The Balaban J connectivity index is 2.35. The lowest BCUT2D eigenvalue weighted by Gasteiger charge is -2.20. The molecule has 0 aliphatic rings. The number of nitrogens with one attached hydrogen (secondary N) is 1. The van der Waals surface area contributed by atoms with Crippen molar-refractivity contribution in [3.8, 4) is 0 Å². The highest BCUT2D eigenvalue weighted by Gasteiger charge is 2.20. The van der Waals surface area contributed by atoms with Gasteiger partial charge in [-0.3, -0.25) is 4.68 Å². The molecule has 0 fully saturated rings.